The van der Waals surface area contributed by atoms with Gasteiger partial charge in [0.15, 0.2) is 0 Å². The van der Waals surface area contributed by atoms with Gasteiger partial charge in [0.05, 0.1) is 11.6 Å². The summed E-state index contributed by atoms with van der Waals surface area (Å²) >= 11 is 0. The maximum absolute atomic E-state index is 14.9. The molecule has 0 N–H and O–H groups in total. The van der Waals surface area contributed by atoms with Crippen LogP contribution in [0.3, 0.4) is 0 Å². The molecule has 144 valence electrons. The third-order valence-corrected chi connectivity index (χ3v) is 6.91. The highest BCUT2D eigenvalue weighted by Crippen LogP contribution is 2.48. The van der Waals surface area contributed by atoms with Crippen LogP contribution < -0.4 is 0 Å². The summed E-state index contributed by atoms with van der Waals surface area (Å²) in [5.74, 6) is 2.77. The maximum atomic E-state index is 14.9. The van der Waals surface area contributed by atoms with E-state index in [-0.39, 0.29) is 5.82 Å². The summed E-state index contributed by atoms with van der Waals surface area (Å²) in [5, 5.41) is 8.93. The molecule has 2 aliphatic carbocycles. The Morgan fingerprint density at radius 1 is 0.964 bits per heavy atom. The zero-order valence-electron chi connectivity index (χ0n) is 16.6. The fourth-order valence-corrected chi connectivity index (χ4v) is 5.42. The monoisotopic (exact) mass is 373 g/mol. The number of benzene rings is 2. The van der Waals surface area contributed by atoms with Gasteiger partial charge in [0, 0.05) is 5.56 Å². The van der Waals surface area contributed by atoms with E-state index >= 15 is 0 Å². The van der Waals surface area contributed by atoms with Crippen molar-refractivity contribution >= 4 is 0 Å². The molecule has 0 radical (unpaired) electrons. The first-order valence-electron chi connectivity index (χ1n) is 10.6. The molecule has 0 aromatic heterocycles. The topological polar surface area (TPSA) is 23.8 Å². The van der Waals surface area contributed by atoms with E-state index in [2.05, 4.69) is 31.2 Å². The van der Waals surface area contributed by atoms with Gasteiger partial charge in [0.1, 0.15) is 5.82 Å². The summed E-state index contributed by atoms with van der Waals surface area (Å²) in [6, 6.07) is 15.0. The highest BCUT2D eigenvalue weighted by Gasteiger charge is 2.35. The van der Waals surface area contributed by atoms with Gasteiger partial charge in [-0.1, -0.05) is 36.4 Å². The lowest BCUT2D eigenvalue weighted by molar-refractivity contribution is 0.133. The van der Waals surface area contributed by atoms with E-state index in [4.69, 9.17) is 5.26 Å². The number of hydrogen-bond donors (Lipinski definition) is 0. The number of halogens is 1. The van der Waals surface area contributed by atoms with Gasteiger partial charge in [0.25, 0.3) is 0 Å². The molecule has 4 unspecified atom stereocenters. The quantitative estimate of drug-likeness (QED) is 0.520. The van der Waals surface area contributed by atoms with Gasteiger partial charge >= 0.3 is 0 Å². The molecule has 2 aromatic rings. The summed E-state index contributed by atoms with van der Waals surface area (Å²) < 4.78 is 14.9. The molecule has 2 aliphatic rings. The van der Waals surface area contributed by atoms with Crippen molar-refractivity contribution < 1.29 is 4.39 Å². The number of fused-ring (bicyclic) bond motifs is 1. The Bertz CT molecular complexity index is 890. The van der Waals surface area contributed by atoms with Crippen LogP contribution in [0.1, 0.15) is 62.5 Å². The van der Waals surface area contributed by atoms with Crippen LogP contribution in [-0.2, 0) is 0 Å². The minimum absolute atomic E-state index is 0.152. The predicted molar refractivity (Wildman–Crippen MR) is 112 cm³/mol. The van der Waals surface area contributed by atoms with Crippen molar-refractivity contribution in [2.24, 2.45) is 17.8 Å². The van der Waals surface area contributed by atoms with Crippen LogP contribution in [0.25, 0.3) is 11.1 Å². The molecule has 4 atom stereocenters. The first-order valence-corrected chi connectivity index (χ1v) is 10.6. The van der Waals surface area contributed by atoms with Crippen LogP contribution in [0.5, 0.6) is 0 Å². The summed E-state index contributed by atoms with van der Waals surface area (Å²) in [4.78, 5) is 0. The minimum atomic E-state index is -0.152. The van der Waals surface area contributed by atoms with Crippen molar-refractivity contribution in [2.45, 2.75) is 51.4 Å². The van der Waals surface area contributed by atoms with Crippen LogP contribution in [0.2, 0.25) is 0 Å². The normalized spacial score (nSPS) is 27.3. The number of nitriles is 1. The van der Waals surface area contributed by atoms with Gasteiger partial charge in [-0.15, -0.1) is 0 Å². The van der Waals surface area contributed by atoms with Gasteiger partial charge in [-0.2, -0.15) is 5.26 Å². The third kappa shape index (κ3) is 3.90. The molecular formula is C26H28FN. The first-order chi connectivity index (χ1) is 13.7. The second kappa shape index (κ2) is 8.31. The molecule has 2 fully saturated rings. The van der Waals surface area contributed by atoms with Gasteiger partial charge < -0.3 is 0 Å². The van der Waals surface area contributed by atoms with Crippen LogP contribution in [-0.4, -0.2) is 0 Å². The van der Waals surface area contributed by atoms with Gasteiger partial charge in [0.2, 0.25) is 0 Å². The van der Waals surface area contributed by atoms with E-state index in [1.165, 1.54) is 38.5 Å². The Labute approximate surface area is 167 Å². The van der Waals surface area contributed by atoms with Crippen molar-refractivity contribution in [1.29, 1.82) is 5.26 Å². The molecule has 28 heavy (non-hydrogen) atoms. The van der Waals surface area contributed by atoms with Gasteiger partial charge in [-0.25, -0.2) is 4.39 Å². The molecule has 0 bridgehead atoms. The van der Waals surface area contributed by atoms with E-state index < -0.39 is 0 Å². The highest BCUT2D eigenvalue weighted by atomic mass is 19.1. The smallest absolute Gasteiger partial charge is 0.131 e. The molecule has 0 heterocycles. The van der Waals surface area contributed by atoms with Gasteiger partial charge in [-0.3, -0.25) is 0 Å². The molecule has 0 aliphatic heterocycles. The zero-order chi connectivity index (χ0) is 19.5. The number of rotatable bonds is 3. The lowest BCUT2D eigenvalue weighted by Crippen LogP contribution is -2.30. The Kier molecular flexibility index (Phi) is 5.62. The Balaban J connectivity index is 1.47. The number of allylic oxidation sites excluding steroid dienone is 2. The first kappa shape index (κ1) is 18.9. The predicted octanol–water partition coefficient (Wildman–Crippen LogP) is 7.24. The number of hydrogen-bond acceptors (Lipinski definition) is 1. The maximum Gasteiger partial charge on any atom is 0.131 e. The molecule has 2 heteroatoms. The van der Waals surface area contributed by atoms with Crippen molar-refractivity contribution in [3.8, 4) is 17.2 Å². The van der Waals surface area contributed by atoms with E-state index in [1.54, 1.807) is 18.2 Å². The number of nitrogens with zero attached hydrogens (tertiary/aromatic N) is 1. The zero-order valence-corrected chi connectivity index (χ0v) is 16.6. The van der Waals surface area contributed by atoms with Crippen molar-refractivity contribution in [3.05, 3.63) is 71.6 Å². The second-order valence-electron chi connectivity index (χ2n) is 8.56. The van der Waals surface area contributed by atoms with Crippen molar-refractivity contribution in [1.82, 2.24) is 0 Å². The lowest BCUT2D eigenvalue weighted by atomic mass is 9.64. The molecule has 2 aromatic carbocycles. The fourth-order valence-electron chi connectivity index (χ4n) is 5.42. The average molecular weight is 374 g/mol. The standard InChI is InChI=1S/C26H28FN/c1-2-3-18-4-9-22-15-23(11-10-21(22)14-18)24-12-13-25(26(27)16-24)20-7-5-19(17-28)6-8-20/h2-3,5-8,12-13,16,18,21-23H,4,9-11,14-15H2,1H3/b3-2+. The molecule has 0 spiro atoms. The van der Waals surface area contributed by atoms with Gasteiger partial charge in [-0.05, 0) is 98.4 Å². The van der Waals surface area contributed by atoms with Crippen LogP contribution in [0, 0.1) is 34.9 Å². The van der Waals surface area contributed by atoms with Crippen molar-refractivity contribution in [3.63, 3.8) is 0 Å². The van der Waals surface area contributed by atoms with Crippen LogP contribution >= 0.6 is 0 Å². The minimum Gasteiger partial charge on any atom is -0.206 e. The summed E-state index contributed by atoms with van der Waals surface area (Å²) in [6.07, 6.45) is 12.2. The lowest BCUT2D eigenvalue weighted by Gasteiger charge is -2.41. The van der Waals surface area contributed by atoms with E-state index in [0.29, 0.717) is 17.0 Å². The molecule has 1 nitrogen and oxygen atoms in total. The second-order valence-corrected chi connectivity index (χ2v) is 8.56. The SMILES string of the molecule is C/C=C/C1CCC2CC(c3ccc(-c4ccc(C#N)cc4)c(F)c3)CCC2C1. The Morgan fingerprint density at radius 3 is 2.43 bits per heavy atom. The van der Waals surface area contributed by atoms with Crippen LogP contribution in [0.4, 0.5) is 4.39 Å². The van der Waals surface area contributed by atoms with E-state index in [1.807, 2.05) is 18.2 Å². The average Bonchev–Trinajstić information content (AvgIpc) is 2.73. The summed E-state index contributed by atoms with van der Waals surface area (Å²) in [6.45, 7) is 2.12. The Hall–Kier alpha value is -2.40. The molecule has 0 saturated heterocycles. The summed E-state index contributed by atoms with van der Waals surface area (Å²) in [7, 11) is 0. The molecular weight excluding hydrogens is 345 g/mol. The third-order valence-electron chi connectivity index (χ3n) is 6.91. The van der Waals surface area contributed by atoms with E-state index in [9.17, 15) is 4.39 Å². The molecule has 2 saturated carbocycles. The fraction of sp³-hybridized carbons (Fsp3) is 0.423. The highest BCUT2D eigenvalue weighted by molar-refractivity contribution is 5.65. The molecule has 4 rings (SSSR count). The Morgan fingerprint density at radius 2 is 1.71 bits per heavy atom. The van der Waals surface area contributed by atoms with Crippen LogP contribution in [0.15, 0.2) is 54.6 Å². The van der Waals surface area contributed by atoms with E-state index in [0.717, 1.165) is 28.9 Å². The summed E-state index contributed by atoms with van der Waals surface area (Å²) in [5.41, 5.74) is 3.20. The molecule has 0 amide bonds. The van der Waals surface area contributed by atoms with Crippen molar-refractivity contribution in [2.75, 3.05) is 0 Å². The largest absolute Gasteiger partial charge is 0.206 e.